The second kappa shape index (κ2) is 10.4. The van der Waals surface area contributed by atoms with Gasteiger partial charge in [0.15, 0.2) is 0 Å². The van der Waals surface area contributed by atoms with Gasteiger partial charge in [0.05, 0.1) is 0 Å². The standard InChI is InChI=1S/C22H34ClN3O/c1-2-26-13-3-4-21(26)16-24-22(27)10-7-18-11-14-25(15-12-18)17-19-5-8-20(23)9-6-19/h5-6,8-9,18,21H,2-4,7,10-17H2,1H3,(H,24,27)/t21-/m1/s1. The zero-order valence-corrected chi connectivity index (χ0v) is 17.4. The SMILES string of the molecule is CCN1CCC[C@@H]1CNC(=O)CCC1CCN(Cc2ccc(Cl)cc2)CC1. The number of likely N-dealkylation sites (tertiary alicyclic amines) is 2. The Hall–Kier alpha value is -1.10. The summed E-state index contributed by atoms with van der Waals surface area (Å²) in [5.74, 6) is 0.928. The second-order valence-corrected chi connectivity index (χ2v) is 8.55. The van der Waals surface area contributed by atoms with Crippen LogP contribution in [0.2, 0.25) is 5.02 Å². The van der Waals surface area contributed by atoms with Gasteiger partial charge < -0.3 is 5.32 Å². The summed E-state index contributed by atoms with van der Waals surface area (Å²) in [6.07, 6.45) is 6.60. The highest BCUT2D eigenvalue weighted by atomic mass is 35.5. The van der Waals surface area contributed by atoms with E-state index in [0.717, 1.165) is 44.2 Å². The lowest BCUT2D eigenvalue weighted by Crippen LogP contribution is -2.40. The normalized spacial score (nSPS) is 22.2. The van der Waals surface area contributed by atoms with Crippen LogP contribution in [0.1, 0.15) is 51.0 Å². The fourth-order valence-corrected chi connectivity index (χ4v) is 4.61. The fraction of sp³-hybridized carbons (Fsp3) is 0.682. The summed E-state index contributed by atoms with van der Waals surface area (Å²) in [5, 5.41) is 3.97. The van der Waals surface area contributed by atoms with Crippen molar-refractivity contribution in [3.63, 3.8) is 0 Å². The van der Waals surface area contributed by atoms with Gasteiger partial charge in [0, 0.05) is 30.6 Å². The van der Waals surface area contributed by atoms with Crippen LogP contribution in [-0.4, -0.2) is 54.5 Å². The van der Waals surface area contributed by atoms with Gasteiger partial charge in [-0.1, -0.05) is 30.7 Å². The number of hydrogen-bond acceptors (Lipinski definition) is 3. The molecular formula is C22H34ClN3O. The van der Waals surface area contributed by atoms with E-state index >= 15 is 0 Å². The van der Waals surface area contributed by atoms with Crippen LogP contribution in [0.5, 0.6) is 0 Å². The van der Waals surface area contributed by atoms with Crippen LogP contribution in [0, 0.1) is 5.92 Å². The number of carbonyl (C=O) groups is 1. The predicted molar refractivity (Wildman–Crippen MR) is 112 cm³/mol. The molecule has 1 amide bonds. The molecule has 0 bridgehead atoms. The lowest BCUT2D eigenvalue weighted by atomic mass is 9.92. The number of hydrogen-bond donors (Lipinski definition) is 1. The van der Waals surface area contributed by atoms with E-state index in [4.69, 9.17) is 11.6 Å². The summed E-state index contributed by atoms with van der Waals surface area (Å²) >= 11 is 5.96. The second-order valence-electron chi connectivity index (χ2n) is 8.11. The van der Waals surface area contributed by atoms with E-state index in [9.17, 15) is 4.79 Å². The summed E-state index contributed by atoms with van der Waals surface area (Å²) in [6, 6.07) is 8.71. The molecule has 0 saturated carbocycles. The molecule has 0 radical (unpaired) electrons. The number of nitrogens with one attached hydrogen (secondary N) is 1. The summed E-state index contributed by atoms with van der Waals surface area (Å²) in [6.45, 7) is 8.57. The van der Waals surface area contributed by atoms with E-state index in [-0.39, 0.29) is 5.91 Å². The molecule has 0 aliphatic carbocycles. The molecule has 2 fully saturated rings. The van der Waals surface area contributed by atoms with Crippen molar-refractivity contribution in [3.8, 4) is 0 Å². The minimum absolute atomic E-state index is 0.238. The van der Waals surface area contributed by atoms with Crippen LogP contribution in [-0.2, 0) is 11.3 Å². The van der Waals surface area contributed by atoms with E-state index in [2.05, 4.69) is 34.2 Å². The molecule has 1 atom stereocenters. The van der Waals surface area contributed by atoms with Crippen molar-refractivity contribution < 1.29 is 4.79 Å². The first-order valence-corrected chi connectivity index (χ1v) is 11.0. The highest BCUT2D eigenvalue weighted by molar-refractivity contribution is 6.30. The summed E-state index contributed by atoms with van der Waals surface area (Å²) < 4.78 is 0. The van der Waals surface area contributed by atoms with Gasteiger partial charge in [-0.2, -0.15) is 0 Å². The zero-order valence-electron chi connectivity index (χ0n) is 16.6. The molecule has 5 heteroatoms. The van der Waals surface area contributed by atoms with Crippen molar-refractivity contribution in [1.29, 1.82) is 0 Å². The Labute approximate surface area is 169 Å². The Balaban J connectivity index is 1.30. The van der Waals surface area contributed by atoms with Crippen LogP contribution in [0.4, 0.5) is 0 Å². The lowest BCUT2D eigenvalue weighted by Gasteiger charge is -2.32. The molecule has 1 N–H and O–H groups in total. The Bertz CT molecular complexity index is 584. The van der Waals surface area contributed by atoms with Crippen molar-refractivity contribution in [2.24, 2.45) is 5.92 Å². The van der Waals surface area contributed by atoms with Crippen molar-refractivity contribution in [3.05, 3.63) is 34.9 Å². The predicted octanol–water partition coefficient (Wildman–Crippen LogP) is 3.93. The molecule has 2 aliphatic rings. The average Bonchev–Trinajstić information content (AvgIpc) is 3.15. The summed E-state index contributed by atoms with van der Waals surface area (Å²) in [7, 11) is 0. The van der Waals surface area contributed by atoms with Gasteiger partial charge in [0.2, 0.25) is 5.91 Å². The molecule has 3 rings (SSSR count). The first-order valence-electron chi connectivity index (χ1n) is 10.6. The van der Waals surface area contributed by atoms with E-state index in [0.29, 0.717) is 18.4 Å². The van der Waals surface area contributed by atoms with Crippen molar-refractivity contribution >= 4 is 17.5 Å². The maximum atomic E-state index is 12.2. The number of rotatable bonds is 8. The summed E-state index contributed by atoms with van der Waals surface area (Å²) in [5.41, 5.74) is 1.32. The summed E-state index contributed by atoms with van der Waals surface area (Å²) in [4.78, 5) is 17.2. The van der Waals surface area contributed by atoms with Gasteiger partial charge in [-0.25, -0.2) is 0 Å². The zero-order chi connectivity index (χ0) is 19.1. The van der Waals surface area contributed by atoms with Crippen LogP contribution in [0.3, 0.4) is 0 Å². The van der Waals surface area contributed by atoms with Gasteiger partial charge in [0.25, 0.3) is 0 Å². The highest BCUT2D eigenvalue weighted by Gasteiger charge is 2.24. The van der Waals surface area contributed by atoms with Crippen molar-refractivity contribution in [1.82, 2.24) is 15.1 Å². The molecule has 0 spiro atoms. The first-order chi connectivity index (χ1) is 13.1. The fourth-order valence-electron chi connectivity index (χ4n) is 4.48. The molecule has 27 heavy (non-hydrogen) atoms. The molecule has 0 aromatic heterocycles. The van der Waals surface area contributed by atoms with E-state index in [1.54, 1.807) is 0 Å². The molecule has 1 aromatic carbocycles. The molecule has 150 valence electrons. The number of benzene rings is 1. The first kappa shape index (κ1) is 20.6. The number of halogens is 1. The molecule has 4 nitrogen and oxygen atoms in total. The molecule has 0 unspecified atom stereocenters. The van der Waals surface area contributed by atoms with E-state index in [1.165, 1.54) is 37.8 Å². The largest absolute Gasteiger partial charge is 0.355 e. The number of carbonyl (C=O) groups excluding carboxylic acids is 1. The van der Waals surface area contributed by atoms with Crippen LogP contribution in [0.15, 0.2) is 24.3 Å². The quantitative estimate of drug-likeness (QED) is 0.729. The van der Waals surface area contributed by atoms with E-state index < -0.39 is 0 Å². The minimum Gasteiger partial charge on any atom is -0.355 e. The Morgan fingerprint density at radius 1 is 1.15 bits per heavy atom. The molecule has 2 saturated heterocycles. The van der Waals surface area contributed by atoms with Crippen molar-refractivity contribution in [2.45, 2.75) is 58.0 Å². The van der Waals surface area contributed by atoms with Gasteiger partial charge in [-0.05, 0) is 81.9 Å². The van der Waals surface area contributed by atoms with Crippen LogP contribution >= 0.6 is 11.6 Å². The number of nitrogens with zero attached hydrogens (tertiary/aromatic N) is 2. The van der Waals surface area contributed by atoms with Gasteiger partial charge in [0.1, 0.15) is 0 Å². The van der Waals surface area contributed by atoms with Crippen LogP contribution < -0.4 is 5.32 Å². The molecule has 2 heterocycles. The Morgan fingerprint density at radius 3 is 2.59 bits per heavy atom. The molecular weight excluding hydrogens is 358 g/mol. The number of piperidine rings is 1. The monoisotopic (exact) mass is 391 g/mol. The average molecular weight is 392 g/mol. The molecule has 2 aliphatic heterocycles. The van der Waals surface area contributed by atoms with Crippen molar-refractivity contribution in [2.75, 3.05) is 32.7 Å². The third-order valence-corrected chi connectivity index (χ3v) is 6.50. The smallest absolute Gasteiger partial charge is 0.220 e. The third kappa shape index (κ3) is 6.48. The number of likely N-dealkylation sites (N-methyl/N-ethyl adjacent to an activating group) is 1. The topological polar surface area (TPSA) is 35.6 Å². The third-order valence-electron chi connectivity index (χ3n) is 6.25. The van der Waals surface area contributed by atoms with Gasteiger partial charge in [-0.15, -0.1) is 0 Å². The van der Waals surface area contributed by atoms with Gasteiger partial charge >= 0.3 is 0 Å². The highest BCUT2D eigenvalue weighted by Crippen LogP contribution is 2.23. The maximum Gasteiger partial charge on any atom is 0.220 e. The number of amides is 1. The Kier molecular flexibility index (Phi) is 7.98. The molecule has 1 aromatic rings. The maximum absolute atomic E-state index is 12.2. The lowest BCUT2D eigenvalue weighted by molar-refractivity contribution is -0.121. The van der Waals surface area contributed by atoms with E-state index in [1.807, 2.05) is 12.1 Å². The van der Waals surface area contributed by atoms with Crippen LogP contribution in [0.25, 0.3) is 0 Å². The van der Waals surface area contributed by atoms with Gasteiger partial charge in [-0.3, -0.25) is 14.6 Å². The Morgan fingerprint density at radius 2 is 1.89 bits per heavy atom. The minimum atomic E-state index is 0.238.